The number of fused-ring (bicyclic) bond motifs is 1. The van der Waals surface area contributed by atoms with Gasteiger partial charge < -0.3 is 9.88 Å². The van der Waals surface area contributed by atoms with Crippen molar-refractivity contribution in [3.8, 4) is 0 Å². The van der Waals surface area contributed by atoms with E-state index in [4.69, 9.17) is 0 Å². The van der Waals surface area contributed by atoms with Crippen LogP contribution < -0.4 is 10.9 Å². The lowest BCUT2D eigenvalue weighted by atomic mass is 10.1. The van der Waals surface area contributed by atoms with Crippen molar-refractivity contribution in [3.05, 3.63) is 46.1 Å². The van der Waals surface area contributed by atoms with Gasteiger partial charge in [-0.25, -0.2) is 4.39 Å². The number of hydrogen-bond acceptors (Lipinski definition) is 2. The molecule has 2 aromatic rings. The van der Waals surface area contributed by atoms with E-state index in [1.165, 1.54) is 42.9 Å². The molecule has 2 rings (SSSR count). The van der Waals surface area contributed by atoms with Crippen molar-refractivity contribution in [2.45, 2.75) is 0 Å². The van der Waals surface area contributed by atoms with Gasteiger partial charge in [-0.15, -0.1) is 0 Å². The molecule has 0 radical (unpaired) electrons. The molecule has 1 heterocycles. The Hall–Kier alpha value is -2.17. The van der Waals surface area contributed by atoms with E-state index >= 15 is 0 Å². The first-order valence-electron chi connectivity index (χ1n) is 5.06. The van der Waals surface area contributed by atoms with Crippen molar-refractivity contribution in [3.63, 3.8) is 0 Å². The van der Waals surface area contributed by atoms with Gasteiger partial charge in [0.25, 0.3) is 11.5 Å². The minimum Gasteiger partial charge on any atom is -0.354 e. The number of benzene rings is 1. The van der Waals surface area contributed by atoms with Crippen LogP contribution in [0.25, 0.3) is 10.8 Å². The number of carbonyl (C=O) groups is 1. The van der Waals surface area contributed by atoms with E-state index in [0.29, 0.717) is 10.8 Å². The summed E-state index contributed by atoms with van der Waals surface area (Å²) in [7, 11) is 2.98. The third-order valence-corrected chi connectivity index (χ3v) is 2.66. The van der Waals surface area contributed by atoms with Gasteiger partial charge >= 0.3 is 0 Å². The Morgan fingerprint density at radius 3 is 2.71 bits per heavy atom. The first kappa shape index (κ1) is 11.3. The first-order chi connectivity index (χ1) is 8.04. The molecule has 17 heavy (non-hydrogen) atoms. The van der Waals surface area contributed by atoms with Crippen molar-refractivity contribution in [1.82, 2.24) is 9.88 Å². The number of nitrogens with zero attached hydrogens (tertiary/aromatic N) is 1. The molecule has 1 amide bonds. The lowest BCUT2D eigenvalue weighted by Crippen LogP contribution is -2.28. The molecule has 0 aliphatic heterocycles. The Morgan fingerprint density at radius 1 is 1.35 bits per heavy atom. The average Bonchev–Trinajstić information content (AvgIpc) is 2.32. The molecule has 0 bridgehead atoms. The maximum absolute atomic E-state index is 13.1. The summed E-state index contributed by atoms with van der Waals surface area (Å²) in [6, 6.07) is 5.38. The van der Waals surface area contributed by atoms with Crippen molar-refractivity contribution in [1.29, 1.82) is 0 Å². The topological polar surface area (TPSA) is 51.1 Å². The highest BCUT2D eigenvalue weighted by Crippen LogP contribution is 2.13. The van der Waals surface area contributed by atoms with Gasteiger partial charge in [-0.3, -0.25) is 9.59 Å². The fraction of sp³-hybridized carbons (Fsp3) is 0.167. The molecule has 88 valence electrons. The van der Waals surface area contributed by atoms with Gasteiger partial charge in [0.2, 0.25) is 0 Å². The highest BCUT2D eigenvalue weighted by Gasteiger charge is 2.12. The highest BCUT2D eigenvalue weighted by molar-refractivity contribution is 5.96. The van der Waals surface area contributed by atoms with Gasteiger partial charge in [-0.05, 0) is 29.7 Å². The summed E-state index contributed by atoms with van der Waals surface area (Å²) in [5.41, 5.74) is -0.114. The minimum atomic E-state index is -0.436. The number of rotatable bonds is 1. The zero-order chi connectivity index (χ0) is 12.6. The van der Waals surface area contributed by atoms with E-state index in [-0.39, 0.29) is 17.2 Å². The van der Waals surface area contributed by atoms with Crippen LogP contribution in [0.1, 0.15) is 10.5 Å². The third-order valence-electron chi connectivity index (χ3n) is 2.66. The zero-order valence-electron chi connectivity index (χ0n) is 9.45. The van der Waals surface area contributed by atoms with Crippen molar-refractivity contribution in [2.75, 3.05) is 7.05 Å². The Balaban J connectivity index is 2.85. The summed E-state index contributed by atoms with van der Waals surface area (Å²) in [5.74, 6) is -0.815. The molecule has 0 aliphatic carbocycles. The summed E-state index contributed by atoms with van der Waals surface area (Å²) >= 11 is 0. The van der Waals surface area contributed by atoms with Gasteiger partial charge in [-0.2, -0.15) is 0 Å². The SMILES string of the molecule is CNC(=O)c1cc2cc(F)ccc2c(=O)n1C. The van der Waals surface area contributed by atoms with Crippen LogP contribution in [-0.4, -0.2) is 17.5 Å². The quantitative estimate of drug-likeness (QED) is 0.801. The van der Waals surface area contributed by atoms with Crippen LogP contribution in [0.3, 0.4) is 0 Å². The van der Waals surface area contributed by atoms with Crippen LogP contribution in [0.5, 0.6) is 0 Å². The van der Waals surface area contributed by atoms with Gasteiger partial charge in [0.1, 0.15) is 11.5 Å². The summed E-state index contributed by atoms with van der Waals surface area (Å²) in [6.07, 6.45) is 0. The molecule has 1 aromatic carbocycles. The average molecular weight is 234 g/mol. The molecule has 4 nitrogen and oxygen atoms in total. The second kappa shape index (κ2) is 4.01. The van der Waals surface area contributed by atoms with Crippen LogP contribution in [0.15, 0.2) is 29.1 Å². The van der Waals surface area contributed by atoms with Crippen LogP contribution in [0, 0.1) is 5.82 Å². The molecule has 5 heteroatoms. The van der Waals surface area contributed by atoms with Crippen molar-refractivity contribution < 1.29 is 9.18 Å². The number of pyridine rings is 1. The lowest BCUT2D eigenvalue weighted by Gasteiger charge is -2.08. The van der Waals surface area contributed by atoms with E-state index in [9.17, 15) is 14.0 Å². The molecule has 1 aromatic heterocycles. The molecular weight excluding hydrogens is 223 g/mol. The largest absolute Gasteiger partial charge is 0.354 e. The monoisotopic (exact) mass is 234 g/mol. The standard InChI is InChI=1S/C12H11FN2O2/c1-14-11(16)10-6-7-5-8(13)3-4-9(7)12(17)15(10)2/h3-6H,1-2H3,(H,14,16). The van der Waals surface area contributed by atoms with Gasteiger partial charge in [-0.1, -0.05) is 0 Å². The smallest absolute Gasteiger partial charge is 0.267 e. The minimum absolute atomic E-state index is 0.204. The van der Waals surface area contributed by atoms with E-state index in [1.807, 2.05) is 0 Å². The third kappa shape index (κ3) is 1.80. The Bertz CT molecular complexity index is 661. The number of aromatic nitrogens is 1. The maximum atomic E-state index is 13.1. The predicted molar refractivity (Wildman–Crippen MR) is 62.5 cm³/mol. The maximum Gasteiger partial charge on any atom is 0.267 e. The van der Waals surface area contributed by atoms with E-state index in [0.717, 1.165) is 0 Å². The fourth-order valence-electron chi connectivity index (χ4n) is 1.73. The molecule has 0 aliphatic rings. The van der Waals surface area contributed by atoms with E-state index in [1.54, 1.807) is 0 Å². The van der Waals surface area contributed by atoms with Crippen LogP contribution in [-0.2, 0) is 7.05 Å². The van der Waals surface area contributed by atoms with E-state index < -0.39 is 5.82 Å². The van der Waals surface area contributed by atoms with Crippen LogP contribution in [0.2, 0.25) is 0 Å². The zero-order valence-corrected chi connectivity index (χ0v) is 9.45. The number of halogens is 1. The number of nitrogens with one attached hydrogen (secondary N) is 1. The molecule has 1 N–H and O–H groups in total. The summed E-state index contributed by atoms with van der Waals surface area (Å²) in [5, 5.41) is 3.25. The van der Waals surface area contributed by atoms with Crippen molar-refractivity contribution in [2.24, 2.45) is 7.05 Å². The lowest BCUT2D eigenvalue weighted by molar-refractivity contribution is 0.0954. The van der Waals surface area contributed by atoms with Crippen molar-refractivity contribution >= 4 is 16.7 Å². The van der Waals surface area contributed by atoms with Crippen LogP contribution in [0.4, 0.5) is 4.39 Å². The first-order valence-corrected chi connectivity index (χ1v) is 5.06. The summed E-state index contributed by atoms with van der Waals surface area (Å²) in [6.45, 7) is 0. The molecule has 0 saturated heterocycles. The number of amides is 1. The predicted octanol–water partition coefficient (Wildman–Crippen LogP) is 1.04. The molecule has 0 unspecified atom stereocenters. The highest BCUT2D eigenvalue weighted by atomic mass is 19.1. The van der Waals surface area contributed by atoms with Gasteiger partial charge in [0.05, 0.1) is 0 Å². The molecular formula is C12H11FN2O2. The van der Waals surface area contributed by atoms with Gasteiger partial charge in [0.15, 0.2) is 0 Å². The Kier molecular flexibility index (Phi) is 2.67. The summed E-state index contributed by atoms with van der Waals surface area (Å²) in [4.78, 5) is 23.5. The molecule has 0 saturated carbocycles. The fourth-order valence-corrected chi connectivity index (χ4v) is 1.73. The Morgan fingerprint density at radius 2 is 2.06 bits per heavy atom. The molecule has 0 fully saturated rings. The normalized spacial score (nSPS) is 10.5. The molecule has 0 atom stereocenters. The second-order valence-electron chi connectivity index (χ2n) is 3.70. The van der Waals surface area contributed by atoms with Crippen LogP contribution >= 0.6 is 0 Å². The summed E-state index contributed by atoms with van der Waals surface area (Å²) < 4.78 is 14.3. The molecule has 0 spiro atoms. The second-order valence-corrected chi connectivity index (χ2v) is 3.70. The number of carbonyl (C=O) groups excluding carboxylic acids is 1. The van der Waals surface area contributed by atoms with E-state index in [2.05, 4.69) is 5.32 Å². The van der Waals surface area contributed by atoms with Gasteiger partial charge in [0, 0.05) is 19.5 Å². The Labute approximate surface area is 96.7 Å². The number of hydrogen-bond donors (Lipinski definition) is 1.